The van der Waals surface area contributed by atoms with Crippen molar-refractivity contribution in [1.29, 1.82) is 0 Å². The fraction of sp³-hybridized carbons (Fsp3) is 0. The normalized spacial score (nSPS) is 26.0. The summed E-state index contributed by atoms with van der Waals surface area (Å²) in [7, 11) is -0.735. The Morgan fingerprint density at radius 1 is 1.12 bits per heavy atom. The van der Waals surface area contributed by atoms with Crippen LogP contribution < -0.4 is 0 Å². The van der Waals surface area contributed by atoms with Crippen LogP contribution in [-0.2, 0) is 8.85 Å². The van der Waals surface area contributed by atoms with Gasteiger partial charge in [-0.3, -0.25) is 0 Å². The van der Waals surface area contributed by atoms with Gasteiger partial charge in [-0.2, -0.15) is 0 Å². The number of rotatable bonds is 0. The molecule has 0 spiro atoms. The number of hydrogen-bond donors (Lipinski definition) is 0. The average molecular weight is 146 g/mol. The highest BCUT2D eigenvalue weighted by Crippen LogP contribution is 2.05. The first kappa shape index (κ1) is 5.78. The molecule has 0 fully saturated rings. The smallest absolute Gasteiger partial charge is 0.426 e. The summed E-state index contributed by atoms with van der Waals surface area (Å²) < 4.78 is 9.88. The molecule has 1 aliphatic rings. The summed E-state index contributed by atoms with van der Waals surface area (Å²) in [6.45, 7) is 0. The fourth-order valence-corrected chi connectivity index (χ4v) is 1.39. The topological polar surface area (TPSA) is 18.5 Å². The zero-order valence-electron chi connectivity index (χ0n) is 4.24. The van der Waals surface area contributed by atoms with Crippen molar-refractivity contribution in [3.8, 4) is 0 Å². The summed E-state index contributed by atoms with van der Waals surface area (Å²) in [4.78, 5) is 0. The van der Waals surface area contributed by atoms with Crippen LogP contribution in [0.3, 0.4) is 0 Å². The van der Waals surface area contributed by atoms with Gasteiger partial charge in [0.1, 0.15) is 0 Å². The molecule has 0 aliphatic carbocycles. The van der Waals surface area contributed by atoms with E-state index in [1.165, 1.54) is 0 Å². The molecule has 0 aromatic rings. The SMILES string of the molecule is C1=C\S/C=C\O[SiH2]O/1. The third kappa shape index (κ3) is 2.09. The molecule has 1 heterocycles. The summed E-state index contributed by atoms with van der Waals surface area (Å²) in [5, 5.41) is 3.76. The standard InChI is InChI=1S/C4H6O2SSi/c1-3-7-4-2-6-8-5-1/h1-4H,8H2/b3-1-,4-2-. The van der Waals surface area contributed by atoms with Crippen LogP contribution in [-0.4, -0.2) is 10.0 Å². The van der Waals surface area contributed by atoms with Gasteiger partial charge in [-0.05, 0) is 0 Å². The lowest BCUT2D eigenvalue weighted by Crippen LogP contribution is -1.94. The molecule has 0 saturated heterocycles. The lowest BCUT2D eigenvalue weighted by Gasteiger charge is -1.99. The Balaban J connectivity index is 2.31. The molecule has 4 heteroatoms. The molecular weight excluding hydrogens is 140 g/mol. The summed E-state index contributed by atoms with van der Waals surface area (Å²) in [5.41, 5.74) is 0. The van der Waals surface area contributed by atoms with Gasteiger partial charge in [0, 0.05) is 10.8 Å². The van der Waals surface area contributed by atoms with Crippen molar-refractivity contribution in [1.82, 2.24) is 0 Å². The van der Waals surface area contributed by atoms with Crippen molar-refractivity contribution in [2.24, 2.45) is 0 Å². The van der Waals surface area contributed by atoms with Crippen LogP contribution in [0.2, 0.25) is 0 Å². The Kier molecular flexibility index (Phi) is 2.62. The van der Waals surface area contributed by atoms with Crippen molar-refractivity contribution in [2.45, 2.75) is 0 Å². The van der Waals surface area contributed by atoms with E-state index in [2.05, 4.69) is 0 Å². The van der Waals surface area contributed by atoms with Gasteiger partial charge >= 0.3 is 10.0 Å². The molecule has 0 N–H and O–H groups in total. The first-order chi connectivity index (χ1) is 4.00. The molecule has 8 heavy (non-hydrogen) atoms. The van der Waals surface area contributed by atoms with E-state index in [0.717, 1.165) is 0 Å². The molecule has 1 aliphatic heterocycles. The second-order valence-electron chi connectivity index (χ2n) is 1.13. The zero-order chi connectivity index (χ0) is 5.66. The van der Waals surface area contributed by atoms with Crippen LogP contribution in [0, 0.1) is 0 Å². The summed E-state index contributed by atoms with van der Waals surface area (Å²) >= 11 is 1.54. The van der Waals surface area contributed by atoms with Crippen LogP contribution in [0.15, 0.2) is 23.3 Å². The molecule has 2 nitrogen and oxygen atoms in total. The van der Waals surface area contributed by atoms with E-state index in [-0.39, 0.29) is 0 Å². The van der Waals surface area contributed by atoms with Crippen LogP contribution in [0.25, 0.3) is 0 Å². The van der Waals surface area contributed by atoms with E-state index in [1.807, 2.05) is 10.8 Å². The van der Waals surface area contributed by atoms with Gasteiger partial charge in [-0.15, -0.1) is 0 Å². The summed E-state index contributed by atoms with van der Waals surface area (Å²) in [5.74, 6) is 0. The minimum atomic E-state index is -0.735. The average Bonchev–Trinajstić information content (AvgIpc) is 1.62. The molecular formula is C4H6O2SSi. The predicted octanol–water partition coefficient (Wildman–Crippen LogP) is 0.708. The van der Waals surface area contributed by atoms with E-state index in [9.17, 15) is 0 Å². The Morgan fingerprint density at radius 3 is 2.38 bits per heavy atom. The molecule has 0 radical (unpaired) electrons. The lowest BCUT2D eigenvalue weighted by molar-refractivity contribution is 0.376. The molecule has 44 valence electrons. The Bertz CT molecular complexity index is 101. The first-order valence-corrected chi connectivity index (χ1v) is 4.28. The maximum atomic E-state index is 4.94. The molecule has 0 bridgehead atoms. The monoisotopic (exact) mass is 146 g/mol. The van der Waals surface area contributed by atoms with E-state index >= 15 is 0 Å². The van der Waals surface area contributed by atoms with Gasteiger partial charge in [0.05, 0.1) is 12.5 Å². The third-order valence-electron chi connectivity index (χ3n) is 0.597. The molecule has 0 unspecified atom stereocenters. The second kappa shape index (κ2) is 3.62. The maximum Gasteiger partial charge on any atom is 0.426 e. The number of hydrogen-bond acceptors (Lipinski definition) is 3. The quantitative estimate of drug-likeness (QED) is 0.469. The van der Waals surface area contributed by atoms with Crippen molar-refractivity contribution in [3.63, 3.8) is 0 Å². The largest absolute Gasteiger partial charge is 0.522 e. The Hall–Kier alpha value is -0.353. The van der Waals surface area contributed by atoms with Crippen LogP contribution >= 0.6 is 11.8 Å². The van der Waals surface area contributed by atoms with Gasteiger partial charge in [0.15, 0.2) is 0 Å². The first-order valence-electron chi connectivity index (χ1n) is 2.19. The van der Waals surface area contributed by atoms with Gasteiger partial charge in [-0.1, -0.05) is 11.8 Å². The predicted molar refractivity (Wildman–Crippen MR) is 36.6 cm³/mol. The van der Waals surface area contributed by atoms with Crippen molar-refractivity contribution in [2.75, 3.05) is 0 Å². The fourth-order valence-electron chi connectivity index (χ4n) is 0.306. The second-order valence-corrected chi connectivity index (χ2v) is 2.85. The minimum absolute atomic E-state index is 0.735. The van der Waals surface area contributed by atoms with Crippen molar-refractivity contribution >= 4 is 21.8 Å². The van der Waals surface area contributed by atoms with Gasteiger partial charge in [-0.25, -0.2) is 0 Å². The molecule has 0 atom stereocenters. The van der Waals surface area contributed by atoms with Gasteiger partial charge in [0.2, 0.25) is 0 Å². The summed E-state index contributed by atoms with van der Waals surface area (Å²) in [6, 6.07) is 0. The molecule has 0 aromatic heterocycles. The minimum Gasteiger partial charge on any atom is -0.522 e. The highest BCUT2D eigenvalue weighted by atomic mass is 32.2. The van der Waals surface area contributed by atoms with E-state index < -0.39 is 10.0 Å². The molecule has 1 rings (SSSR count). The number of thioether (sulfide) groups is 1. The molecule has 0 aromatic carbocycles. The summed E-state index contributed by atoms with van der Waals surface area (Å²) in [6.07, 6.45) is 3.33. The van der Waals surface area contributed by atoms with E-state index in [4.69, 9.17) is 8.85 Å². The van der Waals surface area contributed by atoms with E-state index in [1.54, 1.807) is 24.3 Å². The zero-order valence-corrected chi connectivity index (χ0v) is 6.47. The van der Waals surface area contributed by atoms with Crippen LogP contribution in [0.1, 0.15) is 0 Å². The van der Waals surface area contributed by atoms with E-state index in [0.29, 0.717) is 0 Å². The highest BCUT2D eigenvalue weighted by Gasteiger charge is 1.83. The third-order valence-corrected chi connectivity index (χ3v) is 1.79. The van der Waals surface area contributed by atoms with Crippen LogP contribution in [0.5, 0.6) is 0 Å². The Labute approximate surface area is 54.6 Å². The molecule has 0 saturated carbocycles. The van der Waals surface area contributed by atoms with Gasteiger partial charge in [0.25, 0.3) is 0 Å². The van der Waals surface area contributed by atoms with Crippen molar-refractivity contribution < 1.29 is 8.85 Å². The maximum absolute atomic E-state index is 4.94. The highest BCUT2D eigenvalue weighted by molar-refractivity contribution is 8.04. The van der Waals surface area contributed by atoms with Crippen LogP contribution in [0.4, 0.5) is 0 Å². The van der Waals surface area contributed by atoms with Gasteiger partial charge < -0.3 is 8.85 Å². The van der Waals surface area contributed by atoms with Crippen molar-refractivity contribution in [3.05, 3.63) is 23.3 Å². The molecule has 0 amide bonds. The lowest BCUT2D eigenvalue weighted by atomic mass is 11.1. The Morgan fingerprint density at radius 2 is 1.75 bits per heavy atom.